The SMILES string of the molecule is Cc1cccnc1C(=S)NC(=O)OC(C)(C)C. The highest BCUT2D eigenvalue weighted by atomic mass is 32.1. The predicted molar refractivity (Wildman–Crippen MR) is 70.0 cm³/mol. The lowest BCUT2D eigenvalue weighted by Crippen LogP contribution is -2.36. The van der Waals surface area contributed by atoms with Gasteiger partial charge in [0.05, 0.1) is 0 Å². The van der Waals surface area contributed by atoms with E-state index in [0.29, 0.717) is 5.69 Å². The summed E-state index contributed by atoms with van der Waals surface area (Å²) in [5.74, 6) is 0. The molecule has 0 aliphatic rings. The van der Waals surface area contributed by atoms with Gasteiger partial charge in [0.25, 0.3) is 0 Å². The molecule has 0 bridgehead atoms. The summed E-state index contributed by atoms with van der Waals surface area (Å²) in [6.07, 6.45) is 1.07. The molecule has 1 aromatic rings. The molecule has 1 rings (SSSR count). The van der Waals surface area contributed by atoms with Crippen molar-refractivity contribution in [2.45, 2.75) is 33.3 Å². The van der Waals surface area contributed by atoms with Gasteiger partial charge in [-0.2, -0.15) is 0 Å². The van der Waals surface area contributed by atoms with Crippen LogP contribution < -0.4 is 5.32 Å². The van der Waals surface area contributed by atoms with Crippen LogP contribution in [0.1, 0.15) is 32.0 Å². The van der Waals surface area contributed by atoms with Gasteiger partial charge in [-0.15, -0.1) is 0 Å². The lowest BCUT2D eigenvalue weighted by Gasteiger charge is -2.19. The van der Waals surface area contributed by atoms with Gasteiger partial charge in [-0.1, -0.05) is 18.3 Å². The fraction of sp³-hybridized carbons (Fsp3) is 0.417. The Labute approximate surface area is 106 Å². The third-order valence-electron chi connectivity index (χ3n) is 1.84. The first kappa shape index (κ1) is 13.6. The largest absolute Gasteiger partial charge is 0.444 e. The van der Waals surface area contributed by atoms with Gasteiger partial charge in [-0.3, -0.25) is 10.3 Å². The number of hydrogen-bond acceptors (Lipinski definition) is 4. The van der Waals surface area contributed by atoms with Gasteiger partial charge in [0.15, 0.2) is 0 Å². The van der Waals surface area contributed by atoms with Gasteiger partial charge in [0, 0.05) is 6.20 Å². The highest BCUT2D eigenvalue weighted by Gasteiger charge is 2.18. The second-order valence-corrected chi connectivity index (χ2v) is 5.03. The fourth-order valence-electron chi connectivity index (χ4n) is 1.18. The number of carbonyl (C=O) groups is 1. The van der Waals surface area contributed by atoms with Crippen molar-refractivity contribution >= 4 is 23.3 Å². The molecule has 0 aliphatic heterocycles. The van der Waals surface area contributed by atoms with Crippen molar-refractivity contribution < 1.29 is 9.53 Å². The van der Waals surface area contributed by atoms with E-state index in [1.807, 2.05) is 19.1 Å². The van der Waals surface area contributed by atoms with E-state index in [0.717, 1.165) is 5.56 Å². The summed E-state index contributed by atoms with van der Waals surface area (Å²) >= 11 is 5.10. The molecule has 1 aromatic heterocycles. The highest BCUT2D eigenvalue weighted by molar-refractivity contribution is 7.80. The Morgan fingerprint density at radius 3 is 2.65 bits per heavy atom. The molecule has 0 aliphatic carbocycles. The molecule has 4 nitrogen and oxygen atoms in total. The van der Waals surface area contributed by atoms with Crippen LogP contribution in [0.25, 0.3) is 0 Å². The number of nitrogens with one attached hydrogen (secondary N) is 1. The zero-order valence-corrected chi connectivity index (χ0v) is 11.2. The Bertz CT molecular complexity index is 438. The van der Waals surface area contributed by atoms with Crippen molar-refractivity contribution in [1.82, 2.24) is 10.3 Å². The van der Waals surface area contributed by atoms with E-state index in [1.165, 1.54) is 0 Å². The van der Waals surface area contributed by atoms with Crippen LogP contribution in [0.4, 0.5) is 4.79 Å². The van der Waals surface area contributed by atoms with Crippen LogP contribution in [-0.4, -0.2) is 21.7 Å². The second-order valence-electron chi connectivity index (χ2n) is 4.62. The predicted octanol–water partition coefficient (Wildman–Crippen LogP) is 2.59. The van der Waals surface area contributed by atoms with Crippen molar-refractivity contribution in [3.63, 3.8) is 0 Å². The molecule has 1 amide bonds. The van der Waals surface area contributed by atoms with Crippen molar-refractivity contribution in [1.29, 1.82) is 0 Å². The van der Waals surface area contributed by atoms with Crippen LogP contribution in [0, 0.1) is 6.92 Å². The highest BCUT2D eigenvalue weighted by Crippen LogP contribution is 2.08. The minimum atomic E-state index is -0.562. The molecule has 1 heterocycles. The summed E-state index contributed by atoms with van der Waals surface area (Å²) in [7, 11) is 0. The number of hydrogen-bond donors (Lipinski definition) is 1. The van der Waals surface area contributed by atoms with Gasteiger partial charge in [-0.25, -0.2) is 4.79 Å². The Morgan fingerprint density at radius 1 is 1.47 bits per heavy atom. The van der Waals surface area contributed by atoms with Crippen LogP contribution in [0.15, 0.2) is 18.3 Å². The molecular formula is C12H16N2O2S. The van der Waals surface area contributed by atoms with E-state index >= 15 is 0 Å². The molecule has 0 aromatic carbocycles. The molecule has 17 heavy (non-hydrogen) atoms. The molecule has 5 heteroatoms. The minimum absolute atomic E-state index is 0.275. The molecule has 0 atom stereocenters. The molecule has 0 fully saturated rings. The first-order chi connectivity index (χ1) is 7.79. The number of alkyl carbamates (subject to hydrolysis) is 1. The van der Waals surface area contributed by atoms with E-state index in [1.54, 1.807) is 27.0 Å². The average molecular weight is 252 g/mol. The molecular weight excluding hydrogens is 236 g/mol. The smallest absolute Gasteiger partial charge is 0.412 e. The van der Waals surface area contributed by atoms with Gasteiger partial charge >= 0.3 is 6.09 Å². The van der Waals surface area contributed by atoms with Crippen LogP contribution in [-0.2, 0) is 4.74 Å². The standard InChI is InChI=1S/C12H16N2O2S/c1-8-6-5-7-13-9(8)10(17)14-11(15)16-12(2,3)4/h5-7H,1-4H3,(H,14,15,17). The van der Waals surface area contributed by atoms with E-state index in [4.69, 9.17) is 17.0 Å². The number of aryl methyl sites for hydroxylation is 1. The van der Waals surface area contributed by atoms with Crippen molar-refractivity contribution in [3.05, 3.63) is 29.6 Å². The van der Waals surface area contributed by atoms with Gasteiger partial charge in [0.1, 0.15) is 16.3 Å². The van der Waals surface area contributed by atoms with E-state index in [-0.39, 0.29) is 4.99 Å². The second kappa shape index (κ2) is 5.23. The molecule has 0 saturated carbocycles. The van der Waals surface area contributed by atoms with Crippen molar-refractivity contribution in [2.24, 2.45) is 0 Å². The maximum absolute atomic E-state index is 11.5. The van der Waals surface area contributed by atoms with Crippen LogP contribution in [0.3, 0.4) is 0 Å². The third-order valence-corrected chi connectivity index (χ3v) is 2.13. The summed E-state index contributed by atoms with van der Waals surface area (Å²) in [5, 5.41) is 2.50. The van der Waals surface area contributed by atoms with Crippen LogP contribution >= 0.6 is 12.2 Å². The number of amides is 1. The molecule has 0 saturated heterocycles. The van der Waals surface area contributed by atoms with Gasteiger partial charge < -0.3 is 4.74 Å². The third kappa shape index (κ3) is 4.48. The summed E-state index contributed by atoms with van der Waals surface area (Å²) in [6, 6.07) is 3.69. The van der Waals surface area contributed by atoms with E-state index in [9.17, 15) is 4.79 Å². The van der Waals surface area contributed by atoms with Crippen LogP contribution in [0.2, 0.25) is 0 Å². The lowest BCUT2D eigenvalue weighted by molar-refractivity contribution is 0.0564. The number of pyridine rings is 1. The first-order valence-electron chi connectivity index (χ1n) is 5.25. The minimum Gasteiger partial charge on any atom is -0.444 e. The maximum atomic E-state index is 11.5. The number of aromatic nitrogens is 1. The first-order valence-corrected chi connectivity index (χ1v) is 5.66. The fourth-order valence-corrected chi connectivity index (χ4v) is 1.48. The Hall–Kier alpha value is -1.49. The quantitative estimate of drug-likeness (QED) is 0.780. The monoisotopic (exact) mass is 252 g/mol. The molecule has 0 radical (unpaired) electrons. The summed E-state index contributed by atoms with van der Waals surface area (Å²) in [4.78, 5) is 15.9. The van der Waals surface area contributed by atoms with Gasteiger partial charge in [0.2, 0.25) is 0 Å². The van der Waals surface area contributed by atoms with Crippen LogP contribution in [0.5, 0.6) is 0 Å². The normalized spacial score (nSPS) is 10.8. The number of carbonyl (C=O) groups excluding carboxylic acids is 1. The Kier molecular flexibility index (Phi) is 4.17. The maximum Gasteiger partial charge on any atom is 0.412 e. The van der Waals surface area contributed by atoms with E-state index < -0.39 is 11.7 Å². The Balaban J connectivity index is 2.68. The Morgan fingerprint density at radius 2 is 2.12 bits per heavy atom. The van der Waals surface area contributed by atoms with Crippen molar-refractivity contribution in [2.75, 3.05) is 0 Å². The topological polar surface area (TPSA) is 51.2 Å². The van der Waals surface area contributed by atoms with E-state index in [2.05, 4.69) is 10.3 Å². The lowest BCUT2D eigenvalue weighted by atomic mass is 10.2. The molecule has 0 spiro atoms. The number of rotatable bonds is 1. The number of nitrogens with zero attached hydrogens (tertiary/aromatic N) is 1. The number of ether oxygens (including phenoxy) is 1. The zero-order valence-electron chi connectivity index (χ0n) is 10.4. The van der Waals surface area contributed by atoms with Crippen molar-refractivity contribution in [3.8, 4) is 0 Å². The summed E-state index contributed by atoms with van der Waals surface area (Å²) < 4.78 is 5.10. The van der Waals surface area contributed by atoms with Gasteiger partial charge in [-0.05, 0) is 39.3 Å². The molecule has 1 N–H and O–H groups in total. The summed E-state index contributed by atoms with van der Waals surface area (Å²) in [6.45, 7) is 7.26. The zero-order chi connectivity index (χ0) is 13.1. The number of thiocarbonyl (C=S) groups is 1. The molecule has 92 valence electrons. The average Bonchev–Trinajstić information content (AvgIpc) is 2.14. The molecule has 0 unspecified atom stereocenters. The summed E-state index contributed by atoms with van der Waals surface area (Å²) in [5.41, 5.74) is 0.959.